The van der Waals surface area contributed by atoms with Crippen LogP contribution < -0.4 is 4.90 Å². The quantitative estimate of drug-likeness (QED) is 0.746. The molecule has 1 aliphatic rings. The van der Waals surface area contributed by atoms with Gasteiger partial charge in [0.15, 0.2) is 0 Å². The molecule has 1 aromatic heterocycles. The minimum absolute atomic E-state index is 0.675. The Morgan fingerprint density at radius 3 is 2.71 bits per heavy atom. The number of hydrogen-bond donors (Lipinski definition) is 0. The summed E-state index contributed by atoms with van der Waals surface area (Å²) in [6.45, 7) is 2.19. The summed E-state index contributed by atoms with van der Waals surface area (Å²) in [7, 11) is 0. The number of nitrogens with zero attached hydrogens (tertiary/aromatic N) is 2. The number of fused-ring (bicyclic) bond motifs is 1. The summed E-state index contributed by atoms with van der Waals surface area (Å²) < 4.78 is 0. The van der Waals surface area contributed by atoms with E-state index in [1.165, 1.54) is 23.6 Å². The van der Waals surface area contributed by atoms with Gasteiger partial charge in [0, 0.05) is 29.5 Å². The maximum atomic E-state index is 4.57. The van der Waals surface area contributed by atoms with Gasteiger partial charge in [-0.2, -0.15) is 0 Å². The van der Waals surface area contributed by atoms with Crippen LogP contribution >= 0.6 is 15.9 Å². The molecular formula is C14H15BrN2. The highest BCUT2D eigenvalue weighted by molar-refractivity contribution is 9.09. The zero-order valence-electron chi connectivity index (χ0n) is 9.64. The summed E-state index contributed by atoms with van der Waals surface area (Å²) >= 11 is 3.69. The van der Waals surface area contributed by atoms with Crippen LogP contribution in [0, 0.1) is 0 Å². The van der Waals surface area contributed by atoms with E-state index in [4.69, 9.17) is 0 Å². The van der Waals surface area contributed by atoms with Gasteiger partial charge in [0.25, 0.3) is 0 Å². The molecule has 0 spiro atoms. The molecule has 3 rings (SSSR count). The molecule has 0 saturated carbocycles. The monoisotopic (exact) mass is 290 g/mol. The molecule has 2 nitrogen and oxygen atoms in total. The fourth-order valence-corrected chi connectivity index (χ4v) is 2.82. The van der Waals surface area contributed by atoms with Crippen molar-refractivity contribution in [3.63, 3.8) is 0 Å². The van der Waals surface area contributed by atoms with E-state index < -0.39 is 0 Å². The smallest absolute Gasteiger partial charge is 0.136 e. The number of rotatable bonds is 1. The Balaban J connectivity index is 2.00. The minimum atomic E-state index is 0.675. The summed E-state index contributed by atoms with van der Waals surface area (Å²) in [5.41, 5.74) is 0. The van der Waals surface area contributed by atoms with Gasteiger partial charge >= 0.3 is 0 Å². The van der Waals surface area contributed by atoms with Gasteiger partial charge in [0.05, 0.1) is 0 Å². The lowest BCUT2D eigenvalue weighted by molar-refractivity contribution is 0.594. The van der Waals surface area contributed by atoms with Gasteiger partial charge in [0.2, 0.25) is 0 Å². The van der Waals surface area contributed by atoms with Crippen LogP contribution in [-0.4, -0.2) is 22.9 Å². The fraction of sp³-hybridized carbons (Fsp3) is 0.357. The van der Waals surface area contributed by atoms with E-state index in [2.05, 4.69) is 56.1 Å². The molecule has 1 aliphatic heterocycles. The van der Waals surface area contributed by atoms with Gasteiger partial charge in [-0.1, -0.05) is 40.2 Å². The van der Waals surface area contributed by atoms with E-state index in [-0.39, 0.29) is 0 Å². The second kappa shape index (κ2) is 4.65. The molecular weight excluding hydrogens is 276 g/mol. The SMILES string of the molecule is BrC1CCN(c2nccc3ccccc23)CC1. The average molecular weight is 291 g/mol. The van der Waals surface area contributed by atoms with Crippen LogP contribution in [0.25, 0.3) is 10.8 Å². The van der Waals surface area contributed by atoms with Crippen LogP contribution in [0.5, 0.6) is 0 Å². The molecule has 0 radical (unpaired) electrons. The zero-order valence-corrected chi connectivity index (χ0v) is 11.2. The van der Waals surface area contributed by atoms with E-state index in [0.29, 0.717) is 4.83 Å². The highest BCUT2D eigenvalue weighted by Gasteiger charge is 2.19. The van der Waals surface area contributed by atoms with Crippen molar-refractivity contribution in [2.75, 3.05) is 18.0 Å². The first-order valence-corrected chi connectivity index (χ1v) is 6.99. The van der Waals surface area contributed by atoms with Gasteiger partial charge in [-0.15, -0.1) is 0 Å². The number of hydrogen-bond acceptors (Lipinski definition) is 2. The average Bonchev–Trinajstić information content (AvgIpc) is 2.39. The Morgan fingerprint density at radius 2 is 1.88 bits per heavy atom. The highest BCUT2D eigenvalue weighted by Crippen LogP contribution is 2.27. The number of halogens is 1. The van der Waals surface area contributed by atoms with Gasteiger partial charge in [-0.25, -0.2) is 4.98 Å². The Labute approximate surface area is 110 Å². The lowest BCUT2D eigenvalue weighted by Gasteiger charge is -2.31. The van der Waals surface area contributed by atoms with Crippen molar-refractivity contribution in [3.05, 3.63) is 36.5 Å². The molecule has 0 N–H and O–H groups in total. The van der Waals surface area contributed by atoms with Crippen molar-refractivity contribution in [3.8, 4) is 0 Å². The zero-order chi connectivity index (χ0) is 11.7. The molecule has 1 aromatic carbocycles. The standard InChI is InChI=1S/C14H15BrN2/c15-12-6-9-17(10-7-12)14-13-4-2-1-3-11(13)5-8-16-14/h1-5,8,12H,6-7,9-10H2. The first kappa shape index (κ1) is 11.0. The van der Waals surface area contributed by atoms with Crippen LogP contribution in [-0.2, 0) is 0 Å². The molecule has 17 heavy (non-hydrogen) atoms. The van der Waals surface area contributed by atoms with Gasteiger partial charge in [0.1, 0.15) is 5.82 Å². The molecule has 3 heteroatoms. The largest absolute Gasteiger partial charge is 0.356 e. The fourth-order valence-electron chi connectivity index (χ4n) is 2.42. The van der Waals surface area contributed by atoms with Crippen molar-refractivity contribution < 1.29 is 0 Å². The Hall–Kier alpha value is -1.09. The number of benzene rings is 1. The number of alkyl halides is 1. The van der Waals surface area contributed by atoms with Crippen molar-refractivity contribution >= 4 is 32.5 Å². The maximum absolute atomic E-state index is 4.57. The molecule has 2 heterocycles. The van der Waals surface area contributed by atoms with E-state index in [1.54, 1.807) is 0 Å². The van der Waals surface area contributed by atoms with E-state index in [9.17, 15) is 0 Å². The number of aromatic nitrogens is 1. The van der Waals surface area contributed by atoms with Crippen LogP contribution in [0.4, 0.5) is 5.82 Å². The van der Waals surface area contributed by atoms with Crippen LogP contribution in [0.2, 0.25) is 0 Å². The molecule has 1 fully saturated rings. The van der Waals surface area contributed by atoms with E-state index in [0.717, 1.165) is 18.9 Å². The second-order valence-corrected chi connectivity index (χ2v) is 5.81. The Kier molecular flexibility index (Phi) is 3.02. The summed E-state index contributed by atoms with van der Waals surface area (Å²) in [5, 5.41) is 2.54. The van der Waals surface area contributed by atoms with Crippen LogP contribution in [0.1, 0.15) is 12.8 Å². The van der Waals surface area contributed by atoms with Crippen LogP contribution in [0.15, 0.2) is 36.5 Å². The van der Waals surface area contributed by atoms with E-state index >= 15 is 0 Å². The molecule has 88 valence electrons. The third kappa shape index (κ3) is 2.16. The first-order chi connectivity index (χ1) is 8.34. The van der Waals surface area contributed by atoms with Crippen molar-refractivity contribution in [1.82, 2.24) is 4.98 Å². The third-order valence-corrected chi connectivity index (χ3v) is 4.29. The van der Waals surface area contributed by atoms with Gasteiger partial charge in [-0.3, -0.25) is 0 Å². The van der Waals surface area contributed by atoms with E-state index in [1.807, 2.05) is 6.20 Å². The minimum Gasteiger partial charge on any atom is -0.356 e. The summed E-state index contributed by atoms with van der Waals surface area (Å²) in [6.07, 6.45) is 4.31. The third-order valence-electron chi connectivity index (χ3n) is 3.38. The maximum Gasteiger partial charge on any atom is 0.136 e. The predicted molar refractivity (Wildman–Crippen MR) is 75.9 cm³/mol. The molecule has 0 atom stereocenters. The van der Waals surface area contributed by atoms with Crippen molar-refractivity contribution in [2.24, 2.45) is 0 Å². The molecule has 2 aromatic rings. The van der Waals surface area contributed by atoms with Crippen molar-refractivity contribution in [1.29, 1.82) is 0 Å². The molecule has 1 saturated heterocycles. The van der Waals surface area contributed by atoms with Crippen molar-refractivity contribution in [2.45, 2.75) is 17.7 Å². The molecule has 0 unspecified atom stereocenters. The summed E-state index contributed by atoms with van der Waals surface area (Å²) in [6, 6.07) is 10.6. The number of pyridine rings is 1. The number of piperidine rings is 1. The van der Waals surface area contributed by atoms with Gasteiger partial charge in [-0.05, 0) is 24.3 Å². The molecule has 0 aliphatic carbocycles. The topological polar surface area (TPSA) is 16.1 Å². The predicted octanol–water partition coefficient (Wildman–Crippen LogP) is 3.60. The Morgan fingerprint density at radius 1 is 1.12 bits per heavy atom. The first-order valence-electron chi connectivity index (χ1n) is 6.07. The second-order valence-electron chi connectivity index (χ2n) is 4.52. The van der Waals surface area contributed by atoms with Crippen LogP contribution in [0.3, 0.4) is 0 Å². The lowest BCUT2D eigenvalue weighted by Crippen LogP contribution is -2.34. The summed E-state index contributed by atoms with van der Waals surface area (Å²) in [5.74, 6) is 1.14. The van der Waals surface area contributed by atoms with Gasteiger partial charge < -0.3 is 4.90 Å². The normalized spacial score (nSPS) is 17.6. The Bertz CT molecular complexity index is 513. The molecule has 0 amide bonds. The highest BCUT2D eigenvalue weighted by atomic mass is 79.9. The lowest BCUT2D eigenvalue weighted by atomic mass is 10.1. The molecule has 0 bridgehead atoms. The number of anilines is 1. The summed E-state index contributed by atoms with van der Waals surface area (Å²) in [4.78, 5) is 7.64.